The van der Waals surface area contributed by atoms with E-state index in [1.807, 2.05) is 117 Å². The third-order valence-electron chi connectivity index (χ3n) is 19.1. The molecule has 3 amide bonds. The molecule has 0 spiro atoms. The molecule has 90 heavy (non-hydrogen) atoms. The molecule has 1 aliphatic carbocycles. The largest absolute Gasteiger partial charge is 0.399 e. The SMILES string of the molecule is CCN(CC)C(=O)c1ccc(C(c2cccc(N(C)C3CCCCC3)c2)N2CCNCC2)cc1.CCN(CC)C(=O)c1ccc([C@@H](c2cccc(N)c2)N2CCN(C)CC2)cc1.CCN(CC)C(=O)c1ccc([C@H](c2cccc(N)c2)N2CCN(C)CC2)cc1. The third kappa shape index (κ3) is 18.1. The Morgan fingerprint density at radius 1 is 0.422 bits per heavy atom. The zero-order valence-corrected chi connectivity index (χ0v) is 55.8. The molecule has 3 aliphatic heterocycles. The van der Waals surface area contributed by atoms with Gasteiger partial charge < -0.3 is 46.2 Å². The van der Waals surface area contributed by atoms with Gasteiger partial charge in [0.2, 0.25) is 0 Å². The summed E-state index contributed by atoms with van der Waals surface area (Å²) >= 11 is 0. The Balaban J connectivity index is 0.000000176. The first kappa shape index (κ1) is 68.8. The van der Waals surface area contributed by atoms with Gasteiger partial charge >= 0.3 is 0 Å². The Labute approximate surface area is 539 Å². The van der Waals surface area contributed by atoms with Crippen LogP contribution in [0.3, 0.4) is 0 Å². The number of likely N-dealkylation sites (N-methyl/N-ethyl adjacent to an activating group) is 2. The number of rotatable bonds is 20. The van der Waals surface area contributed by atoms with Crippen LogP contribution in [0.2, 0.25) is 0 Å². The molecule has 484 valence electrons. The molecule has 4 aliphatic rings. The molecular formula is C75H106N12O3. The van der Waals surface area contributed by atoms with Crippen LogP contribution >= 0.6 is 0 Å². The molecule has 6 aromatic rings. The highest BCUT2D eigenvalue weighted by molar-refractivity contribution is 5.95. The summed E-state index contributed by atoms with van der Waals surface area (Å²) < 4.78 is 0. The van der Waals surface area contributed by atoms with Gasteiger partial charge in [0.25, 0.3) is 17.7 Å². The lowest BCUT2D eigenvalue weighted by molar-refractivity contribution is 0.0765. The van der Waals surface area contributed by atoms with E-state index in [0.717, 1.165) is 146 Å². The fraction of sp³-hybridized carbons (Fsp3) is 0.480. The summed E-state index contributed by atoms with van der Waals surface area (Å²) in [6, 6.07) is 51.2. The van der Waals surface area contributed by atoms with E-state index in [0.29, 0.717) is 6.04 Å². The minimum Gasteiger partial charge on any atom is -0.399 e. The minimum absolute atomic E-state index is 0.0941. The van der Waals surface area contributed by atoms with Gasteiger partial charge in [0.05, 0.1) is 18.1 Å². The molecule has 15 nitrogen and oxygen atoms in total. The second kappa shape index (κ2) is 34.4. The molecule has 3 saturated heterocycles. The van der Waals surface area contributed by atoms with Crippen molar-refractivity contribution in [3.63, 3.8) is 0 Å². The molecule has 3 heterocycles. The first-order valence-electron chi connectivity index (χ1n) is 33.7. The second-order valence-electron chi connectivity index (χ2n) is 24.8. The monoisotopic (exact) mass is 1220 g/mol. The number of amides is 3. The van der Waals surface area contributed by atoms with Crippen molar-refractivity contribution in [1.82, 2.24) is 44.5 Å². The number of carbonyl (C=O) groups is 3. The Bertz CT molecular complexity index is 3000. The van der Waals surface area contributed by atoms with Gasteiger partial charge in [-0.2, -0.15) is 0 Å². The molecule has 1 unspecified atom stereocenters. The Hall–Kier alpha value is -7.11. The van der Waals surface area contributed by atoms with Crippen LogP contribution < -0.4 is 21.7 Å². The van der Waals surface area contributed by atoms with Crippen LogP contribution in [0.1, 0.15) is 156 Å². The minimum atomic E-state index is 0.0941. The highest BCUT2D eigenvalue weighted by atomic mass is 16.2. The van der Waals surface area contributed by atoms with Crippen molar-refractivity contribution in [3.8, 4) is 0 Å². The zero-order chi connectivity index (χ0) is 64.1. The third-order valence-corrected chi connectivity index (χ3v) is 19.1. The number of anilines is 3. The smallest absolute Gasteiger partial charge is 0.253 e. The molecule has 4 fully saturated rings. The zero-order valence-electron chi connectivity index (χ0n) is 55.8. The summed E-state index contributed by atoms with van der Waals surface area (Å²) in [5.41, 5.74) is 24.7. The number of nitrogens with zero attached hydrogens (tertiary/aromatic N) is 9. The average Bonchev–Trinajstić information content (AvgIpc) is 1.51. The molecular weight excluding hydrogens is 1120 g/mol. The van der Waals surface area contributed by atoms with Crippen LogP contribution in [-0.4, -0.2) is 202 Å². The number of carbonyl (C=O) groups excluding carboxylic acids is 3. The van der Waals surface area contributed by atoms with E-state index in [1.165, 1.54) is 71.2 Å². The van der Waals surface area contributed by atoms with Crippen molar-refractivity contribution in [3.05, 3.63) is 196 Å². The van der Waals surface area contributed by atoms with Gasteiger partial charge in [-0.15, -0.1) is 0 Å². The number of piperazine rings is 3. The highest BCUT2D eigenvalue weighted by Crippen LogP contribution is 2.36. The summed E-state index contributed by atoms with van der Waals surface area (Å²) in [5.74, 6) is 0.305. The van der Waals surface area contributed by atoms with E-state index < -0.39 is 0 Å². The molecule has 15 heteroatoms. The highest BCUT2D eigenvalue weighted by Gasteiger charge is 2.30. The van der Waals surface area contributed by atoms with Crippen LogP contribution in [0.4, 0.5) is 17.1 Å². The number of nitrogen functional groups attached to an aromatic ring is 2. The lowest BCUT2D eigenvalue weighted by Crippen LogP contribution is -2.46. The van der Waals surface area contributed by atoms with E-state index >= 15 is 0 Å². The van der Waals surface area contributed by atoms with Crippen molar-refractivity contribution < 1.29 is 14.4 Å². The second-order valence-corrected chi connectivity index (χ2v) is 24.8. The summed E-state index contributed by atoms with van der Waals surface area (Å²) in [6.45, 7) is 28.8. The quantitative estimate of drug-likeness (QED) is 0.0626. The lowest BCUT2D eigenvalue weighted by Gasteiger charge is -2.38. The fourth-order valence-electron chi connectivity index (χ4n) is 13.5. The topological polar surface area (TPSA) is 144 Å². The van der Waals surface area contributed by atoms with Gasteiger partial charge in [0, 0.05) is 165 Å². The van der Waals surface area contributed by atoms with E-state index in [-0.39, 0.29) is 35.8 Å². The van der Waals surface area contributed by atoms with Crippen LogP contribution in [-0.2, 0) is 0 Å². The lowest BCUT2D eigenvalue weighted by atomic mass is 9.92. The average molecular weight is 1220 g/mol. The van der Waals surface area contributed by atoms with Gasteiger partial charge in [-0.3, -0.25) is 29.1 Å². The van der Waals surface area contributed by atoms with E-state index in [2.05, 4.69) is 141 Å². The molecule has 10 rings (SSSR count). The maximum atomic E-state index is 12.8. The first-order chi connectivity index (χ1) is 43.7. The summed E-state index contributed by atoms with van der Waals surface area (Å²) in [4.78, 5) is 58.5. The molecule has 3 atom stereocenters. The van der Waals surface area contributed by atoms with Gasteiger partial charge in [0.1, 0.15) is 0 Å². The van der Waals surface area contributed by atoms with Crippen molar-refractivity contribution in [1.29, 1.82) is 0 Å². The Kier molecular flexibility index (Phi) is 26.3. The first-order valence-corrected chi connectivity index (χ1v) is 33.7. The van der Waals surface area contributed by atoms with Gasteiger partial charge in [-0.25, -0.2) is 0 Å². The van der Waals surface area contributed by atoms with Gasteiger partial charge in [-0.05, 0) is 175 Å². The summed E-state index contributed by atoms with van der Waals surface area (Å²) in [6.07, 6.45) is 6.66. The van der Waals surface area contributed by atoms with E-state index in [4.69, 9.17) is 11.5 Å². The van der Waals surface area contributed by atoms with Crippen LogP contribution in [0, 0.1) is 0 Å². The predicted molar refractivity (Wildman–Crippen MR) is 373 cm³/mol. The number of nitrogens with one attached hydrogen (secondary N) is 1. The summed E-state index contributed by atoms with van der Waals surface area (Å²) in [7, 11) is 6.60. The van der Waals surface area contributed by atoms with Crippen molar-refractivity contribution in [2.75, 3.05) is 155 Å². The molecule has 0 bridgehead atoms. The van der Waals surface area contributed by atoms with Gasteiger partial charge in [-0.1, -0.05) is 92.1 Å². The van der Waals surface area contributed by atoms with Crippen molar-refractivity contribution in [2.45, 2.75) is 97.8 Å². The van der Waals surface area contributed by atoms with Crippen molar-refractivity contribution >= 4 is 34.8 Å². The predicted octanol–water partition coefficient (Wildman–Crippen LogP) is 11.1. The fourth-order valence-corrected chi connectivity index (χ4v) is 13.5. The number of nitrogens with two attached hydrogens (primary N) is 2. The molecule has 0 radical (unpaired) electrons. The number of hydrogen-bond donors (Lipinski definition) is 3. The summed E-state index contributed by atoms with van der Waals surface area (Å²) in [5, 5.41) is 3.49. The number of benzene rings is 6. The molecule has 1 saturated carbocycles. The number of hydrogen-bond acceptors (Lipinski definition) is 12. The Morgan fingerprint density at radius 2 is 0.744 bits per heavy atom. The maximum Gasteiger partial charge on any atom is 0.253 e. The van der Waals surface area contributed by atoms with Crippen molar-refractivity contribution in [2.24, 2.45) is 0 Å². The van der Waals surface area contributed by atoms with Crippen LogP contribution in [0.25, 0.3) is 0 Å². The standard InChI is InChI=1S/C29H42N4O.2C23H32N4O/c1-4-32(5-2)29(34)24-16-14-23(15-17-24)28(33-20-18-30-19-21-33)25-10-9-13-27(22-25)31(3)26-11-7-6-8-12-26;2*1-4-26(5-2)23(28)19-11-9-18(10-12-19)22(20-7-6-8-21(24)17-20)27-15-13-25(3)14-16-27/h9-10,13-17,22,26,28,30H,4-8,11-12,18-21H2,1-3H3;2*6-12,17,22H,4-5,13-16,24H2,1-3H3/t;2*22-/m.10/s1. The van der Waals surface area contributed by atoms with E-state index in [1.54, 1.807) is 0 Å². The van der Waals surface area contributed by atoms with E-state index in [9.17, 15) is 14.4 Å². The van der Waals surface area contributed by atoms with Crippen LogP contribution in [0.5, 0.6) is 0 Å². The maximum absolute atomic E-state index is 12.8. The van der Waals surface area contributed by atoms with Gasteiger partial charge in [0.15, 0.2) is 0 Å². The molecule has 5 N–H and O–H groups in total. The Morgan fingerprint density at radius 3 is 1.08 bits per heavy atom. The molecule has 0 aromatic heterocycles. The normalized spacial score (nSPS) is 17.3. The van der Waals surface area contributed by atoms with Crippen LogP contribution in [0.15, 0.2) is 146 Å². The molecule has 6 aromatic carbocycles.